The van der Waals surface area contributed by atoms with Crippen molar-refractivity contribution in [3.8, 4) is 11.5 Å². The number of hydrogen-bond donors (Lipinski definition) is 1. The van der Waals surface area contributed by atoms with E-state index in [0.29, 0.717) is 0 Å². The molecule has 9 heteroatoms. The van der Waals surface area contributed by atoms with Crippen LogP contribution in [0.2, 0.25) is 0 Å². The number of likely N-dealkylation sites (tertiary alicyclic amines) is 1. The summed E-state index contributed by atoms with van der Waals surface area (Å²) in [5, 5.41) is 12.1. The molecule has 2 aromatic rings. The fraction of sp³-hybridized carbons (Fsp3) is 0.625. The Kier molecular flexibility index (Phi) is 7.49. The summed E-state index contributed by atoms with van der Waals surface area (Å²) in [5.74, 6) is 3.65. The third kappa shape index (κ3) is 5.65. The second kappa shape index (κ2) is 10.5. The third-order valence-electron chi connectivity index (χ3n) is 6.80. The Hall–Kier alpha value is -2.65. The fourth-order valence-corrected chi connectivity index (χ4v) is 4.75. The molecule has 4 rings (SSSR count). The van der Waals surface area contributed by atoms with Gasteiger partial charge in [-0.2, -0.15) is 0 Å². The van der Waals surface area contributed by atoms with Crippen molar-refractivity contribution in [1.82, 2.24) is 29.9 Å². The summed E-state index contributed by atoms with van der Waals surface area (Å²) < 4.78 is 13.0. The Morgan fingerprint density at radius 3 is 2.42 bits per heavy atom. The molecule has 1 aromatic carbocycles. The highest BCUT2D eigenvalue weighted by Gasteiger charge is 2.27. The van der Waals surface area contributed by atoms with Crippen LogP contribution in [-0.4, -0.2) is 77.9 Å². The number of piperidine rings is 1. The first kappa shape index (κ1) is 23.5. The van der Waals surface area contributed by atoms with Crippen LogP contribution in [0.1, 0.15) is 43.0 Å². The maximum Gasteiger partial charge on any atom is 0.223 e. The molecule has 33 heavy (non-hydrogen) atoms. The smallest absolute Gasteiger partial charge is 0.223 e. The Labute approximate surface area is 196 Å². The molecule has 1 fully saturated rings. The van der Waals surface area contributed by atoms with Crippen LogP contribution in [0.25, 0.3) is 0 Å². The van der Waals surface area contributed by atoms with Crippen molar-refractivity contribution in [3.05, 3.63) is 35.4 Å². The van der Waals surface area contributed by atoms with Gasteiger partial charge in [-0.05, 0) is 57.6 Å². The molecule has 1 amide bonds. The third-order valence-corrected chi connectivity index (χ3v) is 6.80. The molecular formula is C24H36N6O3. The van der Waals surface area contributed by atoms with E-state index in [9.17, 15) is 4.79 Å². The summed E-state index contributed by atoms with van der Waals surface area (Å²) in [6.07, 6.45) is 2.65. The molecule has 3 heterocycles. The first-order chi connectivity index (χ1) is 16.0. The molecule has 0 saturated carbocycles. The lowest BCUT2D eigenvalue weighted by Gasteiger charge is -2.29. The maximum absolute atomic E-state index is 12.8. The normalized spacial score (nSPS) is 18.9. The number of aromatic nitrogens is 3. The molecular weight excluding hydrogens is 420 g/mol. The zero-order valence-corrected chi connectivity index (χ0v) is 20.2. The number of nitrogens with zero attached hydrogens (tertiary/aromatic N) is 5. The molecule has 1 aromatic heterocycles. The minimum Gasteiger partial charge on any atom is -0.497 e. The highest BCUT2D eigenvalue weighted by atomic mass is 16.5. The van der Waals surface area contributed by atoms with E-state index in [1.807, 2.05) is 13.0 Å². The van der Waals surface area contributed by atoms with Crippen LogP contribution in [0.4, 0.5) is 0 Å². The second-order valence-electron chi connectivity index (χ2n) is 9.18. The molecule has 180 valence electrons. The Bertz CT molecular complexity index is 931. The van der Waals surface area contributed by atoms with Crippen molar-refractivity contribution >= 4 is 5.91 Å². The van der Waals surface area contributed by atoms with Crippen LogP contribution in [0, 0.1) is 5.92 Å². The summed E-state index contributed by atoms with van der Waals surface area (Å²) in [7, 11) is 5.45. The minimum absolute atomic E-state index is 0.0884. The number of benzene rings is 1. The number of rotatable bonds is 7. The van der Waals surface area contributed by atoms with Gasteiger partial charge in [-0.15, -0.1) is 10.2 Å². The number of fused-ring (bicyclic) bond motifs is 1. The molecule has 2 aliphatic heterocycles. The monoisotopic (exact) mass is 456 g/mol. The van der Waals surface area contributed by atoms with E-state index < -0.39 is 0 Å². The SMILES string of the molecule is COc1cc(CN2CCc3nnc([C@@H](C)NC(=O)C4CCN(C)CC4)n3CC2)cc(OC)c1. The molecule has 0 spiro atoms. The zero-order valence-electron chi connectivity index (χ0n) is 20.2. The quantitative estimate of drug-likeness (QED) is 0.681. The van der Waals surface area contributed by atoms with E-state index in [0.717, 1.165) is 87.2 Å². The summed E-state index contributed by atoms with van der Waals surface area (Å²) in [5.41, 5.74) is 1.16. The molecule has 0 bridgehead atoms. The van der Waals surface area contributed by atoms with Gasteiger partial charge in [0.05, 0.1) is 20.3 Å². The van der Waals surface area contributed by atoms with Crippen molar-refractivity contribution < 1.29 is 14.3 Å². The number of amides is 1. The summed E-state index contributed by atoms with van der Waals surface area (Å²) in [6.45, 7) is 7.34. The highest BCUT2D eigenvalue weighted by molar-refractivity contribution is 5.79. The molecule has 0 aliphatic carbocycles. The van der Waals surface area contributed by atoms with Gasteiger partial charge in [-0.1, -0.05) is 0 Å². The fourth-order valence-electron chi connectivity index (χ4n) is 4.75. The Morgan fingerprint density at radius 2 is 1.76 bits per heavy atom. The number of carbonyl (C=O) groups is 1. The van der Waals surface area contributed by atoms with Gasteiger partial charge in [-0.25, -0.2) is 0 Å². The Balaban J connectivity index is 1.38. The number of methoxy groups -OCH3 is 2. The van der Waals surface area contributed by atoms with E-state index in [1.54, 1.807) is 14.2 Å². The summed E-state index contributed by atoms with van der Waals surface area (Å²) >= 11 is 0. The lowest BCUT2D eigenvalue weighted by atomic mass is 9.96. The molecule has 1 atom stereocenters. The maximum atomic E-state index is 12.8. The van der Waals surface area contributed by atoms with Gasteiger partial charge in [0.2, 0.25) is 5.91 Å². The van der Waals surface area contributed by atoms with Gasteiger partial charge < -0.3 is 24.3 Å². The van der Waals surface area contributed by atoms with Crippen LogP contribution >= 0.6 is 0 Å². The van der Waals surface area contributed by atoms with Crippen molar-refractivity contribution in [2.24, 2.45) is 5.92 Å². The second-order valence-corrected chi connectivity index (χ2v) is 9.18. The van der Waals surface area contributed by atoms with Gasteiger partial charge in [0, 0.05) is 44.6 Å². The van der Waals surface area contributed by atoms with Crippen molar-refractivity contribution in [1.29, 1.82) is 0 Å². The predicted molar refractivity (Wildman–Crippen MR) is 125 cm³/mol. The molecule has 2 aliphatic rings. The molecule has 0 unspecified atom stereocenters. The van der Waals surface area contributed by atoms with Crippen LogP contribution < -0.4 is 14.8 Å². The lowest BCUT2D eigenvalue weighted by molar-refractivity contribution is -0.127. The van der Waals surface area contributed by atoms with Gasteiger partial charge in [-0.3, -0.25) is 9.69 Å². The average Bonchev–Trinajstić information content (AvgIpc) is 3.13. The highest BCUT2D eigenvalue weighted by Crippen LogP contribution is 2.24. The van der Waals surface area contributed by atoms with Gasteiger partial charge >= 0.3 is 0 Å². The van der Waals surface area contributed by atoms with E-state index in [1.165, 1.54) is 0 Å². The van der Waals surface area contributed by atoms with Crippen LogP contribution in [0.15, 0.2) is 18.2 Å². The van der Waals surface area contributed by atoms with Crippen molar-refractivity contribution in [3.63, 3.8) is 0 Å². The first-order valence-electron chi connectivity index (χ1n) is 11.8. The standard InChI is InChI=1S/C24H36N6O3/c1-17(25-24(31)19-5-8-28(2)9-6-19)23-27-26-22-7-10-29(11-12-30(22)23)16-18-13-20(32-3)15-21(14-18)33-4/h13-15,17,19H,5-12,16H2,1-4H3,(H,25,31)/t17-/m1/s1. The lowest BCUT2D eigenvalue weighted by Crippen LogP contribution is -2.40. The number of ether oxygens (including phenoxy) is 2. The van der Waals surface area contributed by atoms with Crippen LogP contribution in [0.5, 0.6) is 11.5 Å². The largest absolute Gasteiger partial charge is 0.497 e. The topological polar surface area (TPSA) is 84.7 Å². The van der Waals surface area contributed by atoms with Crippen molar-refractivity contribution in [2.75, 3.05) is 47.4 Å². The number of hydrogen-bond acceptors (Lipinski definition) is 7. The van der Waals surface area contributed by atoms with Gasteiger partial charge in [0.15, 0.2) is 5.82 Å². The van der Waals surface area contributed by atoms with E-state index in [2.05, 4.69) is 49.1 Å². The molecule has 1 N–H and O–H groups in total. The number of nitrogens with one attached hydrogen (secondary N) is 1. The Morgan fingerprint density at radius 1 is 1.06 bits per heavy atom. The van der Waals surface area contributed by atoms with Crippen LogP contribution in [-0.2, 0) is 24.3 Å². The first-order valence-corrected chi connectivity index (χ1v) is 11.8. The number of carbonyl (C=O) groups excluding carboxylic acids is 1. The molecule has 9 nitrogen and oxygen atoms in total. The summed E-state index contributed by atoms with van der Waals surface area (Å²) in [4.78, 5) is 17.5. The van der Waals surface area contributed by atoms with E-state index in [-0.39, 0.29) is 17.9 Å². The van der Waals surface area contributed by atoms with Gasteiger partial charge in [0.1, 0.15) is 17.3 Å². The molecule has 0 radical (unpaired) electrons. The van der Waals surface area contributed by atoms with Crippen LogP contribution in [0.3, 0.4) is 0 Å². The minimum atomic E-state index is -0.160. The summed E-state index contributed by atoms with van der Waals surface area (Å²) in [6, 6.07) is 5.84. The average molecular weight is 457 g/mol. The zero-order chi connectivity index (χ0) is 23.4. The van der Waals surface area contributed by atoms with E-state index >= 15 is 0 Å². The van der Waals surface area contributed by atoms with E-state index in [4.69, 9.17) is 9.47 Å². The predicted octanol–water partition coefficient (Wildman–Crippen LogP) is 1.87. The van der Waals surface area contributed by atoms with Crippen molar-refractivity contribution in [2.45, 2.75) is 45.3 Å². The van der Waals surface area contributed by atoms with Gasteiger partial charge in [0.25, 0.3) is 0 Å². The molecule has 1 saturated heterocycles.